The van der Waals surface area contributed by atoms with Crippen molar-refractivity contribution < 1.29 is 19.1 Å². The summed E-state index contributed by atoms with van der Waals surface area (Å²) in [6, 6.07) is 10.2. The Kier molecular flexibility index (Phi) is 5.42. The number of ether oxygens (including phenoxy) is 2. The van der Waals surface area contributed by atoms with Crippen LogP contribution < -0.4 is 14.8 Å². The average Bonchev–Trinajstić information content (AvgIpc) is 2.89. The molecule has 1 unspecified atom stereocenters. The molecule has 1 fully saturated rings. The quantitative estimate of drug-likeness (QED) is 0.792. The van der Waals surface area contributed by atoms with Crippen molar-refractivity contribution in [2.24, 2.45) is 0 Å². The molecule has 2 aromatic rings. The van der Waals surface area contributed by atoms with Gasteiger partial charge in [0.15, 0.2) is 0 Å². The van der Waals surface area contributed by atoms with Gasteiger partial charge in [0.05, 0.1) is 17.4 Å². The maximum Gasteiger partial charge on any atom is 0.286 e. The number of carbonyl (C=O) groups is 2. The Hall–Kier alpha value is -1.89. The summed E-state index contributed by atoms with van der Waals surface area (Å²) in [5.74, 6) is 1.28. The van der Waals surface area contributed by atoms with Gasteiger partial charge in [0, 0.05) is 11.1 Å². The molecule has 5 nitrogen and oxygen atoms in total. The second-order valence-electron chi connectivity index (χ2n) is 5.24. The highest BCUT2D eigenvalue weighted by Crippen LogP contribution is 2.35. The smallest absolute Gasteiger partial charge is 0.286 e. The molecule has 1 heterocycles. The number of hydrogen-bond donors (Lipinski definition) is 1. The van der Waals surface area contributed by atoms with Crippen LogP contribution in [0.4, 0.5) is 4.79 Å². The van der Waals surface area contributed by atoms with E-state index in [0.29, 0.717) is 33.7 Å². The third-order valence-corrected chi connectivity index (χ3v) is 5.06. The summed E-state index contributed by atoms with van der Waals surface area (Å²) < 4.78 is 11.1. The van der Waals surface area contributed by atoms with E-state index in [1.54, 1.807) is 36.4 Å². The normalized spacial score (nSPS) is 16.7. The van der Waals surface area contributed by atoms with E-state index in [9.17, 15) is 9.59 Å². The van der Waals surface area contributed by atoms with Gasteiger partial charge in [-0.2, -0.15) is 0 Å². The zero-order valence-corrected chi connectivity index (χ0v) is 15.4. The fraction of sp³-hybridized carbons (Fsp3) is 0.176. The lowest BCUT2D eigenvalue weighted by Gasteiger charge is -2.13. The Morgan fingerprint density at radius 1 is 1.12 bits per heavy atom. The summed E-state index contributed by atoms with van der Waals surface area (Å²) >= 11 is 13.0. The molecular weight excluding hydrogens is 385 g/mol. The van der Waals surface area contributed by atoms with E-state index >= 15 is 0 Å². The average molecular weight is 398 g/mol. The number of thioether (sulfide) groups is 1. The van der Waals surface area contributed by atoms with Crippen molar-refractivity contribution in [1.29, 1.82) is 0 Å². The van der Waals surface area contributed by atoms with Gasteiger partial charge in [-0.15, -0.1) is 0 Å². The van der Waals surface area contributed by atoms with Crippen molar-refractivity contribution in [1.82, 2.24) is 5.32 Å². The van der Waals surface area contributed by atoms with Gasteiger partial charge in [0.1, 0.15) is 17.2 Å². The number of rotatable bonds is 5. The largest absolute Gasteiger partial charge is 0.496 e. The van der Waals surface area contributed by atoms with Gasteiger partial charge in [0.25, 0.3) is 5.24 Å². The van der Waals surface area contributed by atoms with Crippen LogP contribution in [0.3, 0.4) is 0 Å². The van der Waals surface area contributed by atoms with Crippen LogP contribution in [-0.4, -0.2) is 23.5 Å². The third-order valence-electron chi connectivity index (χ3n) is 3.55. The second-order valence-corrected chi connectivity index (χ2v) is 7.26. The van der Waals surface area contributed by atoms with Gasteiger partial charge in [0.2, 0.25) is 5.91 Å². The van der Waals surface area contributed by atoms with Gasteiger partial charge in [-0.05, 0) is 36.2 Å². The fourth-order valence-electron chi connectivity index (χ4n) is 2.37. The van der Waals surface area contributed by atoms with Gasteiger partial charge in [-0.1, -0.05) is 41.0 Å². The number of benzene rings is 2. The Bertz CT molecular complexity index is 843. The number of methoxy groups -OCH3 is 1. The molecule has 0 aliphatic carbocycles. The molecule has 2 aromatic carbocycles. The van der Waals surface area contributed by atoms with E-state index in [1.165, 1.54) is 7.11 Å². The molecule has 1 aliphatic rings. The molecule has 0 bridgehead atoms. The Labute approximate surface area is 158 Å². The fourth-order valence-corrected chi connectivity index (χ4v) is 3.66. The Morgan fingerprint density at radius 3 is 2.56 bits per heavy atom. The number of imide groups is 1. The molecule has 0 radical (unpaired) electrons. The van der Waals surface area contributed by atoms with E-state index in [0.717, 1.165) is 17.3 Å². The van der Waals surface area contributed by atoms with Gasteiger partial charge in [-0.25, -0.2) is 0 Å². The number of halogens is 2. The highest BCUT2D eigenvalue weighted by atomic mass is 35.5. The van der Waals surface area contributed by atoms with Crippen LogP contribution in [0.5, 0.6) is 17.2 Å². The van der Waals surface area contributed by atoms with Crippen molar-refractivity contribution in [2.75, 3.05) is 7.11 Å². The number of hydrogen-bond acceptors (Lipinski definition) is 5. The van der Waals surface area contributed by atoms with Crippen LogP contribution in [0.15, 0.2) is 36.4 Å². The van der Waals surface area contributed by atoms with Crippen molar-refractivity contribution >= 4 is 46.1 Å². The minimum absolute atomic E-state index is 0.287. The third kappa shape index (κ3) is 4.21. The SMILES string of the molecule is COc1cc(Oc2ccc(Cl)cc2Cl)ccc1CC1SC(=O)NC1=O. The lowest BCUT2D eigenvalue weighted by atomic mass is 10.1. The molecule has 1 N–H and O–H groups in total. The van der Waals surface area contributed by atoms with E-state index < -0.39 is 5.25 Å². The van der Waals surface area contributed by atoms with E-state index in [4.69, 9.17) is 32.7 Å². The van der Waals surface area contributed by atoms with Crippen LogP contribution >= 0.6 is 35.0 Å². The summed E-state index contributed by atoms with van der Waals surface area (Å²) in [7, 11) is 1.53. The Balaban J connectivity index is 1.79. The zero-order chi connectivity index (χ0) is 18.0. The van der Waals surface area contributed by atoms with Crippen molar-refractivity contribution in [3.63, 3.8) is 0 Å². The first-order chi connectivity index (χ1) is 12.0. The summed E-state index contributed by atoms with van der Waals surface area (Å²) in [5.41, 5.74) is 0.805. The molecule has 0 saturated carbocycles. The lowest BCUT2D eigenvalue weighted by Crippen LogP contribution is -2.25. The van der Waals surface area contributed by atoms with Crippen LogP contribution in [0.2, 0.25) is 10.0 Å². The maximum absolute atomic E-state index is 11.7. The van der Waals surface area contributed by atoms with Crippen LogP contribution in [0.25, 0.3) is 0 Å². The monoisotopic (exact) mass is 397 g/mol. The predicted octanol–water partition coefficient (Wildman–Crippen LogP) is 4.69. The predicted molar refractivity (Wildman–Crippen MR) is 98.2 cm³/mol. The minimum atomic E-state index is -0.459. The maximum atomic E-state index is 11.7. The number of carbonyl (C=O) groups excluding carboxylic acids is 2. The molecule has 8 heteroatoms. The molecule has 130 valence electrons. The second kappa shape index (κ2) is 7.56. The first kappa shape index (κ1) is 17.9. The molecule has 1 aliphatic heterocycles. The molecule has 3 rings (SSSR count). The van der Waals surface area contributed by atoms with E-state index in [2.05, 4.69) is 5.32 Å². The molecular formula is C17H13Cl2NO4S. The summed E-state index contributed by atoms with van der Waals surface area (Å²) in [6.45, 7) is 0. The summed E-state index contributed by atoms with van der Waals surface area (Å²) in [6.07, 6.45) is 0.382. The zero-order valence-electron chi connectivity index (χ0n) is 13.0. The first-order valence-electron chi connectivity index (χ1n) is 7.27. The topological polar surface area (TPSA) is 64.6 Å². The minimum Gasteiger partial charge on any atom is -0.496 e. The molecule has 1 saturated heterocycles. The number of amides is 2. The van der Waals surface area contributed by atoms with Crippen LogP contribution in [0, 0.1) is 0 Å². The molecule has 0 aromatic heterocycles. The van der Waals surface area contributed by atoms with E-state index in [-0.39, 0.29) is 11.1 Å². The van der Waals surface area contributed by atoms with Gasteiger partial charge < -0.3 is 9.47 Å². The highest BCUT2D eigenvalue weighted by molar-refractivity contribution is 8.15. The molecule has 1 atom stereocenters. The van der Waals surface area contributed by atoms with Crippen molar-refractivity contribution in [2.45, 2.75) is 11.7 Å². The molecule has 25 heavy (non-hydrogen) atoms. The first-order valence-corrected chi connectivity index (χ1v) is 8.91. The van der Waals surface area contributed by atoms with Crippen LogP contribution in [-0.2, 0) is 11.2 Å². The highest BCUT2D eigenvalue weighted by Gasteiger charge is 2.32. The number of nitrogens with one attached hydrogen (secondary N) is 1. The van der Waals surface area contributed by atoms with Gasteiger partial charge in [-0.3, -0.25) is 14.9 Å². The lowest BCUT2D eigenvalue weighted by molar-refractivity contribution is -0.118. The van der Waals surface area contributed by atoms with Crippen molar-refractivity contribution in [3.05, 3.63) is 52.0 Å². The standard InChI is InChI=1S/C17H13Cl2NO4S/c1-23-14-8-11(24-13-5-3-10(18)7-12(13)19)4-2-9(14)6-15-16(21)20-17(22)25-15/h2-5,7-8,15H,6H2,1H3,(H,20,21,22). The Morgan fingerprint density at radius 2 is 1.92 bits per heavy atom. The summed E-state index contributed by atoms with van der Waals surface area (Å²) in [5, 5.41) is 2.40. The molecule has 2 amide bonds. The van der Waals surface area contributed by atoms with Crippen molar-refractivity contribution in [3.8, 4) is 17.2 Å². The van der Waals surface area contributed by atoms with E-state index in [1.807, 2.05) is 0 Å². The summed E-state index contributed by atoms with van der Waals surface area (Å²) in [4.78, 5) is 23.0. The van der Waals surface area contributed by atoms with Crippen LogP contribution in [0.1, 0.15) is 5.56 Å². The van der Waals surface area contributed by atoms with Gasteiger partial charge >= 0.3 is 0 Å². The molecule has 0 spiro atoms.